The number of nitro benzene ring substituents is 1. The molecule has 0 fully saturated rings. The van der Waals surface area contributed by atoms with Gasteiger partial charge in [-0.2, -0.15) is 0 Å². The molecule has 0 bridgehead atoms. The molecule has 0 radical (unpaired) electrons. The highest BCUT2D eigenvalue weighted by Gasteiger charge is 2.20. The van der Waals surface area contributed by atoms with E-state index in [0.29, 0.717) is 15.6 Å². The van der Waals surface area contributed by atoms with Crippen LogP contribution in [0.1, 0.15) is 29.7 Å². The van der Waals surface area contributed by atoms with Gasteiger partial charge in [0.15, 0.2) is 0 Å². The number of aryl methyl sites for hydroxylation is 1. The number of hydrogen-bond acceptors (Lipinski definition) is 4. The highest BCUT2D eigenvalue weighted by molar-refractivity contribution is 6.35. The summed E-state index contributed by atoms with van der Waals surface area (Å²) in [5, 5.41) is 17.9. The lowest BCUT2D eigenvalue weighted by atomic mass is 10.1. The minimum absolute atomic E-state index is 0.0232. The normalized spacial score (nSPS) is 11.9. The molecule has 138 valence electrons. The molecule has 0 aromatic heterocycles. The number of anilines is 1. The second-order valence-electron chi connectivity index (χ2n) is 5.98. The predicted octanol–water partition coefficient (Wildman–Crippen LogP) is 4.81. The maximum atomic E-state index is 12.3. The number of benzene rings is 2. The maximum absolute atomic E-state index is 12.3. The lowest BCUT2D eigenvalue weighted by Gasteiger charge is -2.16. The zero-order valence-electron chi connectivity index (χ0n) is 14.6. The van der Waals surface area contributed by atoms with E-state index in [1.807, 2.05) is 13.8 Å². The molecule has 0 unspecified atom stereocenters. The van der Waals surface area contributed by atoms with E-state index < -0.39 is 4.92 Å². The first-order valence-electron chi connectivity index (χ1n) is 7.93. The number of rotatable bonds is 6. The number of halogens is 2. The molecular formula is C18H19Cl2N3O3. The largest absolute Gasteiger partial charge is 0.319 e. The molecule has 2 aromatic rings. The zero-order chi connectivity index (χ0) is 19.4. The third-order valence-electron chi connectivity index (χ3n) is 4.17. The topological polar surface area (TPSA) is 84.3 Å². The van der Waals surface area contributed by atoms with E-state index in [1.165, 1.54) is 6.07 Å². The molecule has 0 saturated carbocycles. The van der Waals surface area contributed by atoms with E-state index in [9.17, 15) is 14.9 Å². The SMILES string of the molecule is Cc1ccc([N+](=O)[O-])c(NC(=O)CN[C@@H](C)c2ccc(Cl)cc2Cl)c1C. The van der Waals surface area contributed by atoms with Gasteiger partial charge in [0.2, 0.25) is 5.91 Å². The van der Waals surface area contributed by atoms with Crippen LogP contribution < -0.4 is 10.6 Å². The molecule has 0 aliphatic rings. The van der Waals surface area contributed by atoms with E-state index in [0.717, 1.165) is 11.1 Å². The number of carbonyl (C=O) groups excluding carboxylic acids is 1. The van der Waals surface area contributed by atoms with Crippen LogP contribution in [0, 0.1) is 24.0 Å². The molecular weight excluding hydrogens is 377 g/mol. The van der Waals surface area contributed by atoms with Gasteiger partial charge in [-0.25, -0.2) is 0 Å². The molecule has 8 heteroatoms. The van der Waals surface area contributed by atoms with Gasteiger partial charge in [0.05, 0.1) is 11.5 Å². The third kappa shape index (κ3) is 4.72. The Morgan fingerprint density at radius 3 is 2.54 bits per heavy atom. The fourth-order valence-electron chi connectivity index (χ4n) is 2.50. The van der Waals surface area contributed by atoms with Crippen LogP contribution in [0.3, 0.4) is 0 Å². The second-order valence-corrected chi connectivity index (χ2v) is 6.82. The number of nitrogens with one attached hydrogen (secondary N) is 2. The average molecular weight is 396 g/mol. The Morgan fingerprint density at radius 2 is 1.92 bits per heavy atom. The monoisotopic (exact) mass is 395 g/mol. The number of nitrogens with zero attached hydrogens (tertiary/aromatic N) is 1. The van der Waals surface area contributed by atoms with Gasteiger partial charge in [0.25, 0.3) is 5.69 Å². The Morgan fingerprint density at radius 1 is 1.23 bits per heavy atom. The number of hydrogen-bond donors (Lipinski definition) is 2. The van der Waals surface area contributed by atoms with Crippen molar-refractivity contribution in [1.82, 2.24) is 5.32 Å². The van der Waals surface area contributed by atoms with E-state index in [4.69, 9.17) is 23.2 Å². The fraction of sp³-hybridized carbons (Fsp3) is 0.278. The fourth-order valence-corrected chi connectivity index (χ4v) is 3.08. The van der Waals surface area contributed by atoms with Crippen molar-refractivity contribution in [3.05, 3.63) is 67.2 Å². The Kier molecular flexibility index (Phi) is 6.58. The van der Waals surface area contributed by atoms with Crippen molar-refractivity contribution in [2.75, 3.05) is 11.9 Å². The quantitative estimate of drug-likeness (QED) is 0.542. The van der Waals surface area contributed by atoms with Gasteiger partial charge in [-0.05, 0) is 49.6 Å². The lowest BCUT2D eigenvalue weighted by molar-refractivity contribution is -0.384. The Labute approximate surface area is 161 Å². The van der Waals surface area contributed by atoms with Crippen molar-refractivity contribution in [2.24, 2.45) is 0 Å². The van der Waals surface area contributed by atoms with Crippen molar-refractivity contribution in [3.63, 3.8) is 0 Å². The van der Waals surface area contributed by atoms with Crippen LogP contribution in [0.5, 0.6) is 0 Å². The summed E-state index contributed by atoms with van der Waals surface area (Å²) in [5.74, 6) is -0.376. The van der Waals surface area contributed by atoms with Crippen molar-refractivity contribution in [1.29, 1.82) is 0 Å². The van der Waals surface area contributed by atoms with Crippen LogP contribution in [-0.2, 0) is 4.79 Å². The van der Waals surface area contributed by atoms with Crippen LogP contribution in [-0.4, -0.2) is 17.4 Å². The van der Waals surface area contributed by atoms with Gasteiger partial charge in [-0.3, -0.25) is 14.9 Å². The lowest BCUT2D eigenvalue weighted by Crippen LogP contribution is -2.30. The van der Waals surface area contributed by atoms with E-state index >= 15 is 0 Å². The summed E-state index contributed by atoms with van der Waals surface area (Å²) in [7, 11) is 0. The van der Waals surface area contributed by atoms with Crippen LogP contribution in [0.2, 0.25) is 10.0 Å². The summed E-state index contributed by atoms with van der Waals surface area (Å²) >= 11 is 12.0. The highest BCUT2D eigenvalue weighted by atomic mass is 35.5. The Hall–Kier alpha value is -2.15. The predicted molar refractivity (Wildman–Crippen MR) is 104 cm³/mol. The minimum Gasteiger partial charge on any atom is -0.319 e. The maximum Gasteiger partial charge on any atom is 0.293 e. The third-order valence-corrected chi connectivity index (χ3v) is 4.74. The first-order valence-corrected chi connectivity index (χ1v) is 8.69. The summed E-state index contributed by atoms with van der Waals surface area (Å²) in [5.41, 5.74) is 2.43. The van der Waals surface area contributed by atoms with E-state index in [1.54, 1.807) is 31.2 Å². The van der Waals surface area contributed by atoms with Gasteiger partial charge < -0.3 is 10.6 Å². The summed E-state index contributed by atoms with van der Waals surface area (Å²) < 4.78 is 0. The molecule has 0 aliphatic carbocycles. The molecule has 0 saturated heterocycles. The molecule has 1 amide bonds. The second kappa shape index (κ2) is 8.49. The highest BCUT2D eigenvalue weighted by Crippen LogP contribution is 2.30. The van der Waals surface area contributed by atoms with Crippen LogP contribution in [0.4, 0.5) is 11.4 Å². The molecule has 2 aromatic carbocycles. The molecule has 1 atom stereocenters. The first-order chi connectivity index (χ1) is 12.2. The number of nitro groups is 1. The average Bonchev–Trinajstić information content (AvgIpc) is 2.56. The Balaban J connectivity index is 2.08. The van der Waals surface area contributed by atoms with Crippen molar-refractivity contribution >= 4 is 40.5 Å². The standard InChI is InChI=1S/C18H19Cl2N3O3/c1-10-4-7-16(23(25)26)18(11(10)2)22-17(24)9-21-12(3)14-6-5-13(19)8-15(14)20/h4-8,12,21H,9H2,1-3H3,(H,22,24)/t12-/m0/s1. The van der Waals surface area contributed by atoms with Crippen LogP contribution >= 0.6 is 23.2 Å². The number of amides is 1. The van der Waals surface area contributed by atoms with Crippen LogP contribution in [0.15, 0.2) is 30.3 Å². The summed E-state index contributed by atoms with van der Waals surface area (Å²) in [6.07, 6.45) is 0. The van der Waals surface area contributed by atoms with Gasteiger partial charge in [-0.15, -0.1) is 0 Å². The number of carbonyl (C=O) groups is 1. The molecule has 0 aliphatic heterocycles. The Bertz CT molecular complexity index is 856. The van der Waals surface area contributed by atoms with Gasteiger partial charge in [-0.1, -0.05) is 35.3 Å². The molecule has 26 heavy (non-hydrogen) atoms. The van der Waals surface area contributed by atoms with Crippen molar-refractivity contribution < 1.29 is 9.72 Å². The van der Waals surface area contributed by atoms with E-state index in [2.05, 4.69) is 10.6 Å². The van der Waals surface area contributed by atoms with Gasteiger partial charge in [0.1, 0.15) is 5.69 Å². The van der Waals surface area contributed by atoms with Crippen LogP contribution in [0.25, 0.3) is 0 Å². The first kappa shape index (κ1) is 20.2. The van der Waals surface area contributed by atoms with Gasteiger partial charge >= 0.3 is 0 Å². The summed E-state index contributed by atoms with van der Waals surface area (Å²) in [4.78, 5) is 23.0. The molecule has 0 heterocycles. The summed E-state index contributed by atoms with van der Waals surface area (Å²) in [6.45, 7) is 5.41. The molecule has 2 rings (SSSR count). The van der Waals surface area contributed by atoms with E-state index in [-0.39, 0.29) is 29.9 Å². The molecule has 6 nitrogen and oxygen atoms in total. The van der Waals surface area contributed by atoms with Crippen molar-refractivity contribution in [2.45, 2.75) is 26.8 Å². The minimum atomic E-state index is -0.508. The molecule has 2 N–H and O–H groups in total. The molecule has 0 spiro atoms. The van der Waals surface area contributed by atoms with Gasteiger partial charge in [0, 0.05) is 22.2 Å². The summed E-state index contributed by atoms with van der Waals surface area (Å²) in [6, 6.07) is 8.00. The zero-order valence-corrected chi connectivity index (χ0v) is 16.1. The van der Waals surface area contributed by atoms with Crippen molar-refractivity contribution in [3.8, 4) is 0 Å². The smallest absolute Gasteiger partial charge is 0.293 e.